The number of aromatic hydroxyl groups is 3. The molecular weight excluding hydrogens is 374 g/mol. The standard InChI is InChI=1S/C18H14ClN3O5/c1-22-12-4-2-3-11(19)14(12)16(25)15(18(22)27)17(26)21-20-8-9-5-6-10(23)7-13(9)24/h2-8,23-25H,1H3,(H,21,26)/b20-8+. The van der Waals surface area contributed by atoms with E-state index in [1.54, 1.807) is 12.1 Å². The van der Waals surface area contributed by atoms with Gasteiger partial charge in [0.05, 0.1) is 22.1 Å². The van der Waals surface area contributed by atoms with Crippen molar-refractivity contribution in [1.82, 2.24) is 9.99 Å². The molecule has 27 heavy (non-hydrogen) atoms. The Labute approximate surface area is 157 Å². The van der Waals surface area contributed by atoms with Gasteiger partial charge in [-0.25, -0.2) is 5.43 Å². The molecule has 3 rings (SSSR count). The van der Waals surface area contributed by atoms with Crippen molar-refractivity contribution in [1.29, 1.82) is 0 Å². The number of hydrazone groups is 1. The van der Waals surface area contributed by atoms with Gasteiger partial charge in [0, 0.05) is 18.7 Å². The molecule has 8 nitrogen and oxygen atoms in total. The summed E-state index contributed by atoms with van der Waals surface area (Å²) in [5.41, 5.74) is 1.50. The van der Waals surface area contributed by atoms with Crippen molar-refractivity contribution in [2.24, 2.45) is 12.1 Å². The van der Waals surface area contributed by atoms with E-state index in [2.05, 4.69) is 10.5 Å². The summed E-state index contributed by atoms with van der Waals surface area (Å²) < 4.78 is 1.20. The third-order valence-corrected chi connectivity index (χ3v) is 4.27. The van der Waals surface area contributed by atoms with Gasteiger partial charge in [-0.05, 0) is 24.3 Å². The van der Waals surface area contributed by atoms with Gasteiger partial charge in [-0.15, -0.1) is 0 Å². The number of aromatic nitrogens is 1. The van der Waals surface area contributed by atoms with Gasteiger partial charge in [-0.1, -0.05) is 17.7 Å². The lowest BCUT2D eigenvalue weighted by Gasteiger charge is -2.11. The van der Waals surface area contributed by atoms with Crippen LogP contribution in [-0.2, 0) is 7.05 Å². The third kappa shape index (κ3) is 3.30. The number of phenols is 2. The number of carbonyl (C=O) groups is 1. The first-order chi connectivity index (χ1) is 12.8. The number of amides is 1. The summed E-state index contributed by atoms with van der Waals surface area (Å²) in [6.07, 6.45) is 1.13. The number of carbonyl (C=O) groups excluding carboxylic acids is 1. The molecule has 0 aliphatic heterocycles. The zero-order valence-corrected chi connectivity index (χ0v) is 14.7. The van der Waals surface area contributed by atoms with Crippen molar-refractivity contribution in [2.75, 3.05) is 0 Å². The average molecular weight is 388 g/mol. The summed E-state index contributed by atoms with van der Waals surface area (Å²) in [6, 6.07) is 8.56. The smallest absolute Gasteiger partial charge is 0.280 e. The molecule has 9 heteroatoms. The second-order valence-electron chi connectivity index (χ2n) is 5.66. The second kappa shape index (κ2) is 7.00. The van der Waals surface area contributed by atoms with Crippen molar-refractivity contribution < 1.29 is 20.1 Å². The molecule has 0 spiro atoms. The first kappa shape index (κ1) is 18.3. The van der Waals surface area contributed by atoms with E-state index in [1.165, 1.54) is 29.8 Å². The second-order valence-corrected chi connectivity index (χ2v) is 6.07. The Bertz CT molecular complexity index is 1150. The molecule has 0 atom stereocenters. The first-order valence-electron chi connectivity index (χ1n) is 7.67. The molecular formula is C18H14ClN3O5. The van der Waals surface area contributed by atoms with Gasteiger partial charge in [-0.3, -0.25) is 9.59 Å². The van der Waals surface area contributed by atoms with E-state index in [1.807, 2.05) is 0 Å². The highest BCUT2D eigenvalue weighted by Crippen LogP contribution is 2.32. The molecule has 1 heterocycles. The van der Waals surface area contributed by atoms with E-state index in [0.29, 0.717) is 5.52 Å². The maximum Gasteiger partial charge on any atom is 0.280 e. The molecule has 3 aromatic rings. The summed E-state index contributed by atoms with van der Waals surface area (Å²) in [5, 5.41) is 33.4. The number of nitrogens with zero attached hydrogens (tertiary/aromatic N) is 2. The fourth-order valence-electron chi connectivity index (χ4n) is 2.59. The van der Waals surface area contributed by atoms with Crippen LogP contribution >= 0.6 is 11.6 Å². The number of halogens is 1. The number of aryl methyl sites for hydroxylation is 1. The van der Waals surface area contributed by atoms with Crippen LogP contribution in [0.15, 0.2) is 46.3 Å². The van der Waals surface area contributed by atoms with Crippen LogP contribution in [0.5, 0.6) is 17.2 Å². The Kier molecular flexibility index (Phi) is 4.74. The maximum atomic E-state index is 12.5. The lowest BCUT2D eigenvalue weighted by Crippen LogP contribution is -2.30. The lowest BCUT2D eigenvalue weighted by molar-refractivity contribution is 0.0950. The minimum atomic E-state index is -0.940. The Balaban J connectivity index is 1.98. The Hall–Kier alpha value is -3.52. The quantitative estimate of drug-likeness (QED) is 0.404. The molecule has 0 unspecified atom stereocenters. The highest BCUT2D eigenvalue weighted by Gasteiger charge is 2.22. The van der Waals surface area contributed by atoms with Crippen molar-refractivity contribution in [2.45, 2.75) is 0 Å². The van der Waals surface area contributed by atoms with Gasteiger partial charge in [0.2, 0.25) is 0 Å². The van der Waals surface area contributed by atoms with Crippen LogP contribution in [0.3, 0.4) is 0 Å². The van der Waals surface area contributed by atoms with Crippen LogP contribution in [0, 0.1) is 0 Å². The molecule has 1 aromatic heterocycles. The monoisotopic (exact) mass is 387 g/mol. The zero-order valence-electron chi connectivity index (χ0n) is 14.0. The highest BCUT2D eigenvalue weighted by molar-refractivity contribution is 6.36. The fourth-order valence-corrected chi connectivity index (χ4v) is 2.85. The van der Waals surface area contributed by atoms with Crippen molar-refractivity contribution in [3.05, 3.63) is 62.9 Å². The van der Waals surface area contributed by atoms with E-state index in [9.17, 15) is 24.9 Å². The normalized spacial score (nSPS) is 11.2. The number of fused-ring (bicyclic) bond motifs is 1. The van der Waals surface area contributed by atoms with Gasteiger partial charge in [-0.2, -0.15) is 5.10 Å². The Morgan fingerprint density at radius 2 is 1.96 bits per heavy atom. The van der Waals surface area contributed by atoms with Crippen LogP contribution in [0.25, 0.3) is 10.9 Å². The van der Waals surface area contributed by atoms with Crippen molar-refractivity contribution in [3.8, 4) is 17.2 Å². The van der Waals surface area contributed by atoms with Crippen LogP contribution in [0.1, 0.15) is 15.9 Å². The molecule has 4 N–H and O–H groups in total. The predicted molar refractivity (Wildman–Crippen MR) is 101 cm³/mol. The third-order valence-electron chi connectivity index (χ3n) is 3.96. The first-order valence-corrected chi connectivity index (χ1v) is 8.04. The van der Waals surface area contributed by atoms with E-state index >= 15 is 0 Å². The lowest BCUT2D eigenvalue weighted by atomic mass is 10.1. The highest BCUT2D eigenvalue weighted by atomic mass is 35.5. The summed E-state index contributed by atoms with van der Waals surface area (Å²) in [7, 11) is 1.45. The summed E-state index contributed by atoms with van der Waals surface area (Å²) in [4.78, 5) is 24.8. The SMILES string of the molecule is Cn1c(=O)c(C(=O)N/N=C/c2ccc(O)cc2O)c(O)c2c(Cl)cccc21. The molecule has 0 saturated carbocycles. The Morgan fingerprint density at radius 1 is 1.22 bits per heavy atom. The van der Waals surface area contributed by atoms with Gasteiger partial charge >= 0.3 is 0 Å². The summed E-state index contributed by atoms with van der Waals surface area (Å²) >= 11 is 6.09. The number of nitrogens with one attached hydrogen (secondary N) is 1. The molecule has 0 fully saturated rings. The maximum absolute atomic E-state index is 12.5. The molecule has 1 amide bonds. The van der Waals surface area contributed by atoms with Gasteiger partial charge < -0.3 is 19.9 Å². The summed E-state index contributed by atoms with van der Waals surface area (Å²) in [5.74, 6) is -1.86. The van der Waals surface area contributed by atoms with Gasteiger partial charge in [0.15, 0.2) is 0 Å². The molecule has 2 aromatic carbocycles. The number of benzene rings is 2. The largest absolute Gasteiger partial charge is 0.508 e. The fraction of sp³-hybridized carbons (Fsp3) is 0.0556. The molecule has 0 bridgehead atoms. The number of hydrogen-bond donors (Lipinski definition) is 4. The van der Waals surface area contributed by atoms with Crippen LogP contribution < -0.4 is 11.0 Å². The minimum absolute atomic E-state index is 0.129. The number of pyridine rings is 1. The predicted octanol–water partition coefficient (Wildman–Crippen LogP) is 2.07. The molecule has 0 aliphatic carbocycles. The average Bonchev–Trinajstić information content (AvgIpc) is 2.61. The Morgan fingerprint density at radius 3 is 2.67 bits per heavy atom. The van der Waals surface area contributed by atoms with E-state index < -0.39 is 22.8 Å². The molecule has 0 aliphatic rings. The minimum Gasteiger partial charge on any atom is -0.508 e. The van der Waals surface area contributed by atoms with E-state index in [0.717, 1.165) is 12.3 Å². The van der Waals surface area contributed by atoms with E-state index in [-0.39, 0.29) is 27.5 Å². The van der Waals surface area contributed by atoms with Crippen LogP contribution in [0.2, 0.25) is 5.02 Å². The molecule has 0 saturated heterocycles. The van der Waals surface area contributed by atoms with Crippen LogP contribution in [0.4, 0.5) is 0 Å². The summed E-state index contributed by atoms with van der Waals surface area (Å²) in [6.45, 7) is 0. The molecule has 138 valence electrons. The number of hydrogen-bond acceptors (Lipinski definition) is 6. The van der Waals surface area contributed by atoms with E-state index in [4.69, 9.17) is 11.6 Å². The molecule has 0 radical (unpaired) electrons. The number of rotatable bonds is 3. The topological polar surface area (TPSA) is 124 Å². The zero-order chi connectivity index (χ0) is 19.7. The van der Waals surface area contributed by atoms with Crippen molar-refractivity contribution in [3.63, 3.8) is 0 Å². The van der Waals surface area contributed by atoms with Gasteiger partial charge in [0.1, 0.15) is 22.8 Å². The van der Waals surface area contributed by atoms with Crippen LogP contribution in [-0.4, -0.2) is 32.0 Å². The van der Waals surface area contributed by atoms with Gasteiger partial charge in [0.25, 0.3) is 11.5 Å². The number of phenolic OH excluding ortho intramolecular Hbond substituents is 2. The van der Waals surface area contributed by atoms with Crippen molar-refractivity contribution >= 4 is 34.6 Å².